The van der Waals surface area contributed by atoms with E-state index in [0.29, 0.717) is 12.8 Å². The maximum atomic E-state index is 11.0. The van der Waals surface area contributed by atoms with Gasteiger partial charge in [-0.25, -0.2) is 4.79 Å². The lowest BCUT2D eigenvalue weighted by atomic mass is 10.1. The first-order valence-electron chi connectivity index (χ1n) is 4.10. The maximum absolute atomic E-state index is 11.0. The van der Waals surface area contributed by atoms with Gasteiger partial charge in [-0.15, -0.1) is 0 Å². The monoisotopic (exact) mass is 172 g/mol. The van der Waals surface area contributed by atoms with Crippen molar-refractivity contribution in [2.75, 3.05) is 6.61 Å². The summed E-state index contributed by atoms with van der Waals surface area (Å²) in [4.78, 5) is 21.3. The minimum Gasteiger partial charge on any atom is -0.439 e. The van der Waals surface area contributed by atoms with Crippen LogP contribution in [0, 0.1) is 0 Å². The molecule has 4 heteroatoms. The number of ketones is 1. The van der Waals surface area contributed by atoms with Gasteiger partial charge in [0.2, 0.25) is 0 Å². The van der Waals surface area contributed by atoms with Gasteiger partial charge in [-0.2, -0.15) is 0 Å². The zero-order valence-corrected chi connectivity index (χ0v) is 6.78. The second kappa shape index (κ2) is 4.21. The van der Waals surface area contributed by atoms with Crippen LogP contribution in [0.25, 0.3) is 0 Å². The van der Waals surface area contributed by atoms with Gasteiger partial charge < -0.3 is 9.84 Å². The van der Waals surface area contributed by atoms with Gasteiger partial charge in [0, 0.05) is 13.0 Å². The number of rotatable bonds is 6. The van der Waals surface area contributed by atoms with Crippen molar-refractivity contribution in [2.24, 2.45) is 0 Å². The lowest BCUT2D eigenvalue weighted by Gasteiger charge is -1.94. The number of hydrogen-bond donors (Lipinski definition) is 1. The number of aliphatic hydroxyl groups excluding tert-OH is 1. The molecule has 0 aromatic rings. The Hall–Kier alpha value is -0.900. The third-order valence-electron chi connectivity index (χ3n) is 1.76. The second-order valence-corrected chi connectivity index (χ2v) is 2.82. The first-order chi connectivity index (χ1) is 5.75. The van der Waals surface area contributed by atoms with Crippen LogP contribution < -0.4 is 0 Å². The SMILES string of the molecule is O=C(CCCCCO)C1OC1=O. The molecule has 1 N–H and O–H groups in total. The highest BCUT2D eigenvalue weighted by molar-refractivity contribution is 6.11. The summed E-state index contributed by atoms with van der Waals surface area (Å²) < 4.78 is 4.40. The molecule has 0 amide bonds. The fraction of sp³-hybridized carbons (Fsp3) is 0.750. The Kier molecular flexibility index (Phi) is 3.22. The highest BCUT2D eigenvalue weighted by Gasteiger charge is 2.44. The summed E-state index contributed by atoms with van der Waals surface area (Å²) in [6.45, 7) is 0.160. The molecule has 68 valence electrons. The molecular formula is C8H12O4. The Bertz CT molecular complexity index is 187. The molecule has 1 aliphatic rings. The second-order valence-electron chi connectivity index (χ2n) is 2.82. The van der Waals surface area contributed by atoms with Gasteiger partial charge in [-0.05, 0) is 12.8 Å². The molecule has 1 unspecified atom stereocenters. The Labute approximate surface area is 70.5 Å². The lowest BCUT2D eigenvalue weighted by Crippen LogP contribution is -2.07. The summed E-state index contributed by atoms with van der Waals surface area (Å²) in [6, 6.07) is 0. The van der Waals surface area contributed by atoms with Crippen LogP contribution in [-0.4, -0.2) is 29.6 Å². The van der Waals surface area contributed by atoms with E-state index >= 15 is 0 Å². The molecule has 0 bridgehead atoms. The summed E-state index contributed by atoms with van der Waals surface area (Å²) in [7, 11) is 0. The van der Waals surface area contributed by atoms with Gasteiger partial charge in [0.1, 0.15) is 0 Å². The topological polar surface area (TPSA) is 66.9 Å². The van der Waals surface area contributed by atoms with Crippen LogP contribution in [0.5, 0.6) is 0 Å². The average molecular weight is 172 g/mol. The zero-order chi connectivity index (χ0) is 8.97. The van der Waals surface area contributed by atoms with Crippen LogP contribution in [0.3, 0.4) is 0 Å². The predicted molar refractivity (Wildman–Crippen MR) is 40.4 cm³/mol. The fourth-order valence-corrected chi connectivity index (χ4v) is 0.998. The van der Waals surface area contributed by atoms with Crippen molar-refractivity contribution >= 4 is 11.8 Å². The lowest BCUT2D eigenvalue weighted by molar-refractivity contribution is -0.120. The molecule has 0 radical (unpaired) electrons. The first-order valence-corrected chi connectivity index (χ1v) is 4.10. The van der Waals surface area contributed by atoms with E-state index in [1.165, 1.54) is 0 Å². The maximum Gasteiger partial charge on any atom is 0.356 e. The molecule has 0 aromatic heterocycles. The van der Waals surface area contributed by atoms with Crippen LogP contribution in [-0.2, 0) is 14.3 Å². The van der Waals surface area contributed by atoms with Crippen LogP contribution in [0.1, 0.15) is 25.7 Å². The summed E-state index contributed by atoms with van der Waals surface area (Å²) >= 11 is 0. The van der Waals surface area contributed by atoms with Crippen LogP contribution in [0.15, 0.2) is 0 Å². The number of Topliss-reactive ketones (excluding diaryl/α,β-unsaturated/α-hetero) is 1. The molecule has 1 fully saturated rings. The van der Waals surface area contributed by atoms with Gasteiger partial charge in [0.25, 0.3) is 6.10 Å². The number of ether oxygens (including phenoxy) is 1. The number of unbranched alkanes of at least 4 members (excludes halogenated alkanes) is 2. The largest absolute Gasteiger partial charge is 0.439 e. The number of carbonyl (C=O) groups is 2. The Balaban J connectivity index is 2.00. The van der Waals surface area contributed by atoms with Gasteiger partial charge in [0.15, 0.2) is 5.78 Å². The van der Waals surface area contributed by atoms with Crippen molar-refractivity contribution in [3.05, 3.63) is 0 Å². The van der Waals surface area contributed by atoms with Crippen molar-refractivity contribution in [3.8, 4) is 0 Å². The molecule has 4 nitrogen and oxygen atoms in total. The molecule has 1 heterocycles. The molecular weight excluding hydrogens is 160 g/mol. The van der Waals surface area contributed by atoms with Gasteiger partial charge in [-0.3, -0.25) is 4.79 Å². The number of hydrogen-bond acceptors (Lipinski definition) is 4. The summed E-state index contributed by atoms with van der Waals surface area (Å²) in [5.41, 5.74) is 0. The first kappa shape index (κ1) is 9.19. The van der Waals surface area contributed by atoms with E-state index in [0.717, 1.165) is 12.8 Å². The smallest absolute Gasteiger partial charge is 0.356 e. The van der Waals surface area contributed by atoms with Crippen molar-refractivity contribution in [1.29, 1.82) is 0 Å². The normalized spacial score (nSPS) is 20.4. The van der Waals surface area contributed by atoms with Crippen molar-refractivity contribution in [3.63, 3.8) is 0 Å². The summed E-state index contributed by atoms with van der Waals surface area (Å²) in [5, 5.41) is 8.43. The molecule has 1 saturated heterocycles. The quantitative estimate of drug-likeness (QED) is 0.349. The average Bonchev–Trinajstić information content (AvgIpc) is 2.76. The molecule has 0 aliphatic carbocycles. The summed E-state index contributed by atoms with van der Waals surface area (Å²) in [6.07, 6.45) is 1.90. The minimum atomic E-state index is -0.751. The Morgan fingerprint density at radius 1 is 1.42 bits per heavy atom. The van der Waals surface area contributed by atoms with Crippen molar-refractivity contribution in [2.45, 2.75) is 31.8 Å². The highest BCUT2D eigenvalue weighted by Crippen LogP contribution is 2.16. The Morgan fingerprint density at radius 2 is 2.08 bits per heavy atom. The Morgan fingerprint density at radius 3 is 2.58 bits per heavy atom. The molecule has 1 atom stereocenters. The molecule has 0 spiro atoms. The van der Waals surface area contributed by atoms with E-state index in [9.17, 15) is 9.59 Å². The molecule has 1 aliphatic heterocycles. The minimum absolute atomic E-state index is 0.127. The van der Waals surface area contributed by atoms with E-state index in [1.54, 1.807) is 0 Å². The van der Waals surface area contributed by atoms with Crippen LogP contribution in [0.4, 0.5) is 0 Å². The van der Waals surface area contributed by atoms with Crippen molar-refractivity contribution in [1.82, 2.24) is 0 Å². The number of carbonyl (C=O) groups excluding carboxylic acids is 2. The van der Waals surface area contributed by atoms with Crippen LogP contribution >= 0.6 is 0 Å². The number of aliphatic hydroxyl groups is 1. The molecule has 0 aromatic carbocycles. The van der Waals surface area contributed by atoms with E-state index in [4.69, 9.17) is 5.11 Å². The zero-order valence-electron chi connectivity index (χ0n) is 6.78. The van der Waals surface area contributed by atoms with Crippen molar-refractivity contribution < 1.29 is 19.4 Å². The third kappa shape index (κ3) is 2.62. The summed E-state index contributed by atoms with van der Waals surface area (Å²) in [5.74, 6) is -0.528. The fourth-order valence-electron chi connectivity index (χ4n) is 0.998. The molecule has 1 rings (SSSR count). The van der Waals surface area contributed by atoms with E-state index in [1.807, 2.05) is 0 Å². The standard InChI is InChI=1S/C8H12O4/c9-5-3-1-2-4-6(10)7-8(11)12-7/h7,9H,1-5H2. The molecule has 0 saturated carbocycles. The molecule has 12 heavy (non-hydrogen) atoms. The highest BCUT2D eigenvalue weighted by atomic mass is 16.6. The van der Waals surface area contributed by atoms with Gasteiger partial charge in [-0.1, -0.05) is 6.42 Å². The third-order valence-corrected chi connectivity index (χ3v) is 1.76. The van der Waals surface area contributed by atoms with E-state index in [-0.39, 0.29) is 12.4 Å². The van der Waals surface area contributed by atoms with E-state index < -0.39 is 12.1 Å². The number of cyclic esters (lactones) is 1. The number of epoxide rings is 1. The predicted octanol–water partition coefficient (Wildman–Crippen LogP) is 0.0336. The van der Waals surface area contributed by atoms with Gasteiger partial charge >= 0.3 is 5.97 Å². The van der Waals surface area contributed by atoms with Gasteiger partial charge in [0.05, 0.1) is 0 Å². The van der Waals surface area contributed by atoms with Crippen LogP contribution in [0.2, 0.25) is 0 Å². The van der Waals surface area contributed by atoms with E-state index in [2.05, 4.69) is 4.74 Å².